The maximum Gasteiger partial charge on any atom is 0.308 e. The van der Waals surface area contributed by atoms with Crippen molar-refractivity contribution in [3.8, 4) is 17.2 Å². The zero-order valence-corrected chi connectivity index (χ0v) is 15.5. The molecule has 1 aromatic carbocycles. The van der Waals surface area contributed by atoms with Crippen LogP contribution in [0.15, 0.2) is 12.1 Å². The summed E-state index contributed by atoms with van der Waals surface area (Å²) in [5.74, 6) is 1.12. The molecule has 1 aliphatic rings. The highest BCUT2D eigenvalue weighted by Gasteiger charge is 2.33. The smallest absolute Gasteiger partial charge is 0.308 e. The first-order chi connectivity index (χ1) is 11.0. The molecule has 6 nitrogen and oxygen atoms in total. The Morgan fingerprint density at radius 1 is 1.35 bits per heavy atom. The molecule has 1 saturated heterocycles. The van der Waals surface area contributed by atoms with Crippen LogP contribution in [-0.4, -0.2) is 48.6 Å². The van der Waals surface area contributed by atoms with Crippen molar-refractivity contribution in [3.05, 3.63) is 17.7 Å². The number of carbonyl (C=O) groups is 2. The van der Waals surface area contributed by atoms with Crippen LogP contribution in [0.25, 0.3) is 0 Å². The van der Waals surface area contributed by atoms with Crippen LogP contribution in [0.2, 0.25) is 0 Å². The number of thioether (sulfide) groups is 1. The van der Waals surface area contributed by atoms with E-state index < -0.39 is 5.97 Å². The largest absolute Gasteiger partial charge is 0.493 e. The third-order valence-corrected chi connectivity index (χ3v) is 4.92. The van der Waals surface area contributed by atoms with Crippen molar-refractivity contribution in [1.82, 2.24) is 4.90 Å². The van der Waals surface area contributed by atoms with Crippen LogP contribution in [0.5, 0.6) is 17.2 Å². The molecule has 1 heterocycles. The van der Waals surface area contributed by atoms with E-state index in [2.05, 4.69) is 15.9 Å². The molecular formula is C15H18BrNO5S. The second-order valence-corrected chi connectivity index (χ2v) is 6.65. The number of carbonyl (C=O) groups excluding carboxylic acids is 2. The minimum atomic E-state index is -0.458. The number of nitrogens with zero attached hydrogens (tertiary/aromatic N) is 1. The van der Waals surface area contributed by atoms with E-state index in [-0.39, 0.29) is 17.0 Å². The van der Waals surface area contributed by atoms with Gasteiger partial charge in [-0.3, -0.25) is 9.59 Å². The number of alkyl halides is 1. The molecule has 1 aromatic rings. The Kier molecular flexibility index (Phi) is 6.17. The predicted molar refractivity (Wildman–Crippen MR) is 91.6 cm³/mol. The Balaban J connectivity index is 2.43. The molecule has 8 heteroatoms. The zero-order valence-electron chi connectivity index (χ0n) is 13.1. The number of amides is 1. The molecule has 0 saturated carbocycles. The van der Waals surface area contributed by atoms with Gasteiger partial charge in [-0.25, -0.2) is 0 Å². The van der Waals surface area contributed by atoms with E-state index in [4.69, 9.17) is 14.2 Å². The van der Waals surface area contributed by atoms with E-state index in [1.807, 2.05) is 0 Å². The number of halogens is 1. The summed E-state index contributed by atoms with van der Waals surface area (Å²) in [7, 11) is 2.99. The molecule has 0 spiro atoms. The van der Waals surface area contributed by atoms with Crippen LogP contribution >= 0.6 is 27.7 Å². The third-order valence-electron chi connectivity index (χ3n) is 3.31. The fourth-order valence-electron chi connectivity index (χ4n) is 2.35. The molecule has 1 fully saturated rings. The highest BCUT2D eigenvalue weighted by molar-refractivity contribution is 9.09. The van der Waals surface area contributed by atoms with Gasteiger partial charge in [0.25, 0.3) is 0 Å². The van der Waals surface area contributed by atoms with Gasteiger partial charge in [0.15, 0.2) is 11.5 Å². The second-order valence-electron chi connectivity index (χ2n) is 4.79. The summed E-state index contributed by atoms with van der Waals surface area (Å²) in [5, 5.41) is 0.588. The van der Waals surface area contributed by atoms with Gasteiger partial charge in [0, 0.05) is 18.8 Å². The minimum absolute atomic E-state index is 0.0986. The number of esters is 1. The first kappa shape index (κ1) is 17.9. The maximum atomic E-state index is 12.0. The normalized spacial score (nSPS) is 17.3. The molecule has 1 aliphatic heterocycles. The number of rotatable bonds is 6. The summed E-state index contributed by atoms with van der Waals surface area (Å²) in [6.07, 6.45) is 0. The van der Waals surface area contributed by atoms with Gasteiger partial charge in [0.05, 0.1) is 20.0 Å². The zero-order chi connectivity index (χ0) is 17.0. The van der Waals surface area contributed by atoms with E-state index in [1.165, 1.54) is 21.1 Å². The standard InChI is InChI=1S/C15H18BrNO5S/c1-9(18)22-14-11(20-2)6-10(7-12(14)21-3)15-17(5-4-16)13(19)8-23-15/h6-7,15H,4-5,8H2,1-3H3. The Labute approximate surface area is 147 Å². The quantitative estimate of drug-likeness (QED) is 0.413. The molecule has 23 heavy (non-hydrogen) atoms. The molecular weight excluding hydrogens is 386 g/mol. The number of methoxy groups -OCH3 is 2. The first-order valence-corrected chi connectivity index (χ1v) is 9.10. The SMILES string of the molecule is COc1cc(C2SCC(=O)N2CCBr)cc(OC)c1OC(C)=O. The van der Waals surface area contributed by atoms with Crippen molar-refractivity contribution in [1.29, 1.82) is 0 Å². The van der Waals surface area contributed by atoms with Crippen molar-refractivity contribution in [2.75, 3.05) is 31.8 Å². The summed E-state index contributed by atoms with van der Waals surface area (Å²) >= 11 is 4.92. The van der Waals surface area contributed by atoms with Crippen LogP contribution in [-0.2, 0) is 9.59 Å². The van der Waals surface area contributed by atoms with Crippen molar-refractivity contribution in [3.63, 3.8) is 0 Å². The molecule has 1 atom stereocenters. The summed E-state index contributed by atoms with van der Waals surface area (Å²) in [5.41, 5.74) is 0.867. The van der Waals surface area contributed by atoms with E-state index in [0.29, 0.717) is 29.1 Å². The second kappa shape index (κ2) is 7.92. The van der Waals surface area contributed by atoms with Gasteiger partial charge in [-0.1, -0.05) is 15.9 Å². The summed E-state index contributed by atoms with van der Waals surface area (Å²) in [6.45, 7) is 1.93. The van der Waals surface area contributed by atoms with Crippen molar-refractivity contribution in [2.45, 2.75) is 12.3 Å². The lowest BCUT2D eigenvalue weighted by molar-refractivity contribution is -0.132. The molecule has 1 amide bonds. The summed E-state index contributed by atoms with van der Waals surface area (Å²) in [6, 6.07) is 3.55. The number of benzene rings is 1. The lowest BCUT2D eigenvalue weighted by Crippen LogP contribution is -2.30. The fraction of sp³-hybridized carbons (Fsp3) is 0.467. The van der Waals surface area contributed by atoms with Gasteiger partial charge in [-0.05, 0) is 17.7 Å². The molecule has 0 N–H and O–H groups in total. The van der Waals surface area contributed by atoms with Crippen molar-refractivity contribution >= 4 is 39.6 Å². The Bertz CT molecular complexity index is 585. The molecule has 126 valence electrons. The van der Waals surface area contributed by atoms with Crippen molar-refractivity contribution < 1.29 is 23.8 Å². The number of hydrogen-bond donors (Lipinski definition) is 0. The van der Waals surface area contributed by atoms with Gasteiger partial charge in [-0.2, -0.15) is 0 Å². The van der Waals surface area contributed by atoms with Crippen LogP contribution in [0, 0.1) is 0 Å². The fourth-order valence-corrected chi connectivity index (χ4v) is 3.93. The summed E-state index contributed by atoms with van der Waals surface area (Å²) in [4.78, 5) is 25.1. The van der Waals surface area contributed by atoms with Gasteiger partial charge in [0.1, 0.15) is 5.37 Å². The Morgan fingerprint density at radius 3 is 2.43 bits per heavy atom. The molecule has 1 unspecified atom stereocenters. The Morgan fingerprint density at radius 2 is 1.96 bits per heavy atom. The maximum absolute atomic E-state index is 12.0. The van der Waals surface area contributed by atoms with E-state index in [9.17, 15) is 9.59 Å². The highest BCUT2D eigenvalue weighted by atomic mass is 79.9. The number of ether oxygens (including phenoxy) is 3. The van der Waals surface area contributed by atoms with E-state index >= 15 is 0 Å². The topological polar surface area (TPSA) is 65.1 Å². The Hall–Kier alpha value is -1.41. The first-order valence-electron chi connectivity index (χ1n) is 6.93. The van der Waals surface area contributed by atoms with Crippen molar-refractivity contribution in [2.24, 2.45) is 0 Å². The average Bonchev–Trinajstić information content (AvgIpc) is 2.88. The van der Waals surface area contributed by atoms with Gasteiger partial charge in [0.2, 0.25) is 11.7 Å². The molecule has 0 radical (unpaired) electrons. The van der Waals surface area contributed by atoms with Crippen LogP contribution < -0.4 is 14.2 Å². The van der Waals surface area contributed by atoms with E-state index in [0.717, 1.165) is 5.56 Å². The number of hydrogen-bond acceptors (Lipinski definition) is 6. The van der Waals surface area contributed by atoms with Gasteiger partial charge in [-0.15, -0.1) is 11.8 Å². The molecule has 0 aromatic heterocycles. The van der Waals surface area contributed by atoms with Crippen LogP contribution in [0.3, 0.4) is 0 Å². The molecule has 2 rings (SSSR count). The predicted octanol–water partition coefficient (Wildman–Crippen LogP) is 2.60. The lowest BCUT2D eigenvalue weighted by Gasteiger charge is -2.24. The monoisotopic (exact) mass is 403 g/mol. The average molecular weight is 404 g/mol. The van der Waals surface area contributed by atoms with Crippen LogP contribution in [0.4, 0.5) is 0 Å². The minimum Gasteiger partial charge on any atom is -0.493 e. The van der Waals surface area contributed by atoms with Crippen LogP contribution in [0.1, 0.15) is 17.9 Å². The highest BCUT2D eigenvalue weighted by Crippen LogP contribution is 2.45. The van der Waals surface area contributed by atoms with Gasteiger partial charge < -0.3 is 19.1 Å². The van der Waals surface area contributed by atoms with E-state index in [1.54, 1.807) is 28.8 Å². The third kappa shape index (κ3) is 3.92. The summed E-state index contributed by atoms with van der Waals surface area (Å²) < 4.78 is 15.9. The molecule has 0 aliphatic carbocycles. The lowest BCUT2D eigenvalue weighted by atomic mass is 10.1. The van der Waals surface area contributed by atoms with Gasteiger partial charge >= 0.3 is 5.97 Å². The molecule has 0 bridgehead atoms.